The molecule has 2 nitrogen and oxygen atoms in total. The summed E-state index contributed by atoms with van der Waals surface area (Å²) in [6, 6.07) is 6.95. The van der Waals surface area contributed by atoms with Gasteiger partial charge in [-0.05, 0) is 24.3 Å². The number of benzene rings is 1. The van der Waals surface area contributed by atoms with E-state index in [-0.39, 0.29) is 18.2 Å². The van der Waals surface area contributed by atoms with E-state index in [1.165, 1.54) is 0 Å². The van der Waals surface area contributed by atoms with Crippen LogP contribution in [0.4, 0.5) is 0 Å². The van der Waals surface area contributed by atoms with Crippen LogP contribution in [-0.2, 0) is 0 Å². The highest BCUT2D eigenvalue weighted by molar-refractivity contribution is 6.30. The van der Waals surface area contributed by atoms with Crippen LogP contribution in [0.2, 0.25) is 5.02 Å². The average Bonchev–Trinajstić information content (AvgIpc) is 2.37. The van der Waals surface area contributed by atoms with Crippen LogP contribution < -0.4 is 0 Å². The molecule has 0 bridgehead atoms. The van der Waals surface area contributed by atoms with E-state index in [4.69, 9.17) is 34.8 Å². The molecule has 19 heavy (non-hydrogen) atoms. The van der Waals surface area contributed by atoms with Crippen molar-refractivity contribution < 1.29 is 4.79 Å². The summed E-state index contributed by atoms with van der Waals surface area (Å²) in [7, 11) is 0. The fraction of sp³-hybridized carbons (Fsp3) is 0.462. The summed E-state index contributed by atoms with van der Waals surface area (Å²) in [5.74, 6) is 1.21. The first-order chi connectivity index (χ1) is 8.67. The van der Waals surface area contributed by atoms with E-state index in [0.717, 1.165) is 13.1 Å². The summed E-state index contributed by atoms with van der Waals surface area (Å²) >= 11 is 17.2. The van der Waals surface area contributed by atoms with Crippen molar-refractivity contribution in [2.45, 2.75) is 6.42 Å². The first-order valence-corrected chi connectivity index (χ1v) is 7.25. The molecule has 6 heteroatoms. The highest BCUT2D eigenvalue weighted by Crippen LogP contribution is 2.11. The zero-order valence-electron chi connectivity index (χ0n) is 10.4. The second-order valence-corrected chi connectivity index (χ2v) is 5.09. The van der Waals surface area contributed by atoms with Crippen molar-refractivity contribution in [3.63, 3.8) is 0 Å². The molecule has 0 aromatic heterocycles. The highest BCUT2D eigenvalue weighted by atomic mass is 35.5. The molecule has 0 amide bonds. The van der Waals surface area contributed by atoms with Gasteiger partial charge in [0, 0.05) is 48.4 Å². The van der Waals surface area contributed by atoms with Crippen molar-refractivity contribution in [2.24, 2.45) is 0 Å². The van der Waals surface area contributed by atoms with Gasteiger partial charge in [-0.2, -0.15) is 0 Å². The van der Waals surface area contributed by atoms with Gasteiger partial charge in [-0.1, -0.05) is 11.6 Å². The molecule has 1 aromatic carbocycles. The molecule has 0 spiro atoms. The lowest BCUT2D eigenvalue weighted by molar-refractivity contribution is 0.0966. The maximum atomic E-state index is 11.9. The average molecular weight is 345 g/mol. The number of hydrogen-bond acceptors (Lipinski definition) is 2. The number of rotatable bonds is 8. The van der Waals surface area contributed by atoms with E-state index in [9.17, 15) is 4.79 Å². The molecule has 0 unspecified atom stereocenters. The van der Waals surface area contributed by atoms with E-state index in [0.29, 0.717) is 35.3 Å². The molecule has 108 valence electrons. The van der Waals surface area contributed by atoms with E-state index in [1.807, 2.05) is 0 Å². The summed E-state index contributed by atoms with van der Waals surface area (Å²) < 4.78 is 0. The van der Waals surface area contributed by atoms with Gasteiger partial charge in [0.2, 0.25) is 0 Å². The van der Waals surface area contributed by atoms with E-state index in [1.54, 1.807) is 24.3 Å². The minimum Gasteiger partial charge on any atom is -0.301 e. The van der Waals surface area contributed by atoms with Gasteiger partial charge in [0.25, 0.3) is 0 Å². The normalized spacial score (nSPS) is 10.3. The van der Waals surface area contributed by atoms with Gasteiger partial charge < -0.3 is 4.90 Å². The molecular formula is C13H17Cl4NO. The molecule has 1 aromatic rings. The summed E-state index contributed by atoms with van der Waals surface area (Å²) in [4.78, 5) is 14.0. The molecule has 0 fully saturated rings. The van der Waals surface area contributed by atoms with Crippen LogP contribution in [-0.4, -0.2) is 42.1 Å². The minimum absolute atomic E-state index is 0. The van der Waals surface area contributed by atoms with Gasteiger partial charge in [-0.25, -0.2) is 0 Å². The Morgan fingerprint density at radius 3 is 2.00 bits per heavy atom. The molecule has 0 saturated heterocycles. The maximum absolute atomic E-state index is 11.9. The van der Waals surface area contributed by atoms with Gasteiger partial charge >= 0.3 is 0 Å². The maximum Gasteiger partial charge on any atom is 0.164 e. The quantitative estimate of drug-likeness (QED) is 0.522. The van der Waals surface area contributed by atoms with Crippen molar-refractivity contribution in [2.75, 3.05) is 31.4 Å². The monoisotopic (exact) mass is 343 g/mol. The Balaban J connectivity index is 0.00000324. The van der Waals surface area contributed by atoms with E-state index in [2.05, 4.69) is 4.90 Å². The van der Waals surface area contributed by atoms with Crippen LogP contribution in [0.3, 0.4) is 0 Å². The first kappa shape index (κ1) is 19.0. The topological polar surface area (TPSA) is 20.3 Å². The van der Waals surface area contributed by atoms with Gasteiger partial charge in [0.05, 0.1) is 0 Å². The number of Topliss-reactive ketones (excluding diaryl/α,β-unsaturated/α-hetero) is 1. The molecular weight excluding hydrogens is 328 g/mol. The Morgan fingerprint density at radius 2 is 1.53 bits per heavy atom. The Bertz CT molecular complexity index is 363. The second kappa shape index (κ2) is 10.8. The lowest BCUT2D eigenvalue weighted by Crippen LogP contribution is -2.30. The predicted octanol–water partition coefficient (Wildman–Crippen LogP) is 4.11. The van der Waals surface area contributed by atoms with Gasteiger partial charge in [0.15, 0.2) is 5.78 Å². The van der Waals surface area contributed by atoms with Crippen molar-refractivity contribution in [1.82, 2.24) is 4.90 Å². The Hall–Kier alpha value is 0.01000. The van der Waals surface area contributed by atoms with Gasteiger partial charge in [0.1, 0.15) is 0 Å². The Morgan fingerprint density at radius 1 is 1.00 bits per heavy atom. The fourth-order valence-corrected chi connectivity index (χ4v) is 2.22. The number of hydrogen-bond donors (Lipinski definition) is 0. The summed E-state index contributed by atoms with van der Waals surface area (Å²) in [5.41, 5.74) is 0.691. The predicted molar refractivity (Wildman–Crippen MR) is 85.5 cm³/mol. The van der Waals surface area contributed by atoms with E-state index >= 15 is 0 Å². The number of carbonyl (C=O) groups is 1. The Labute approximate surface area is 135 Å². The minimum atomic E-state index is 0. The first-order valence-electron chi connectivity index (χ1n) is 5.80. The van der Waals surface area contributed by atoms with Crippen LogP contribution in [0, 0.1) is 0 Å². The van der Waals surface area contributed by atoms with E-state index < -0.39 is 0 Å². The molecule has 0 heterocycles. The van der Waals surface area contributed by atoms with Crippen LogP contribution in [0.15, 0.2) is 24.3 Å². The van der Waals surface area contributed by atoms with Crippen molar-refractivity contribution in [3.8, 4) is 0 Å². The van der Waals surface area contributed by atoms with Crippen LogP contribution in [0.25, 0.3) is 0 Å². The number of nitrogens with zero attached hydrogens (tertiary/aromatic N) is 1. The van der Waals surface area contributed by atoms with Crippen molar-refractivity contribution in [3.05, 3.63) is 34.9 Å². The Kier molecular flexibility index (Phi) is 10.8. The molecule has 0 aliphatic heterocycles. The highest BCUT2D eigenvalue weighted by Gasteiger charge is 2.09. The molecule has 0 radical (unpaired) electrons. The summed E-state index contributed by atoms with van der Waals surface area (Å²) in [6.07, 6.45) is 0.468. The smallest absolute Gasteiger partial charge is 0.164 e. The second-order valence-electron chi connectivity index (χ2n) is 3.90. The van der Waals surface area contributed by atoms with Crippen molar-refractivity contribution >= 4 is 53.0 Å². The van der Waals surface area contributed by atoms with Gasteiger partial charge in [-0.15, -0.1) is 35.6 Å². The van der Waals surface area contributed by atoms with Crippen LogP contribution >= 0.6 is 47.2 Å². The number of carbonyl (C=O) groups excluding carboxylic acids is 1. The molecule has 0 N–H and O–H groups in total. The number of ketones is 1. The largest absolute Gasteiger partial charge is 0.301 e. The molecule has 0 atom stereocenters. The molecule has 1 rings (SSSR count). The lowest BCUT2D eigenvalue weighted by atomic mass is 10.1. The lowest BCUT2D eigenvalue weighted by Gasteiger charge is -2.19. The number of alkyl halides is 2. The third-order valence-corrected chi connectivity index (χ3v) is 3.21. The summed E-state index contributed by atoms with van der Waals surface area (Å²) in [6.45, 7) is 2.19. The SMILES string of the molecule is Cl.O=C(CCN(CCCl)CCCl)c1ccc(Cl)cc1. The third kappa shape index (κ3) is 7.38. The molecule has 0 saturated carbocycles. The summed E-state index contributed by atoms with van der Waals surface area (Å²) in [5, 5.41) is 0.637. The zero-order chi connectivity index (χ0) is 13.4. The number of halogens is 4. The van der Waals surface area contributed by atoms with Gasteiger partial charge in [-0.3, -0.25) is 4.79 Å². The third-order valence-electron chi connectivity index (χ3n) is 2.62. The molecule has 0 aliphatic rings. The van der Waals surface area contributed by atoms with Crippen LogP contribution in [0.5, 0.6) is 0 Å². The standard InChI is InChI=1S/C13H16Cl3NO.ClH/c14-6-9-17(10-7-15)8-5-13(18)11-1-3-12(16)4-2-11;/h1-4H,5-10H2;1H. The van der Waals surface area contributed by atoms with Crippen LogP contribution in [0.1, 0.15) is 16.8 Å². The zero-order valence-corrected chi connectivity index (χ0v) is 13.5. The van der Waals surface area contributed by atoms with Crippen molar-refractivity contribution in [1.29, 1.82) is 0 Å². The fourth-order valence-electron chi connectivity index (χ4n) is 1.61. The molecule has 0 aliphatic carbocycles.